The highest BCUT2D eigenvalue weighted by atomic mass is 16.6. The number of hydrogen-bond acceptors (Lipinski definition) is 5. The van der Waals surface area contributed by atoms with Crippen molar-refractivity contribution in [3.05, 3.63) is 0 Å². The molecule has 84 valence electrons. The van der Waals surface area contributed by atoms with Crippen LogP contribution in [0.25, 0.3) is 0 Å². The van der Waals surface area contributed by atoms with Crippen LogP contribution in [0.2, 0.25) is 0 Å². The highest BCUT2D eigenvalue weighted by Crippen LogP contribution is 2.21. The first-order valence-corrected chi connectivity index (χ1v) is 4.61. The van der Waals surface area contributed by atoms with Crippen LogP contribution in [0, 0.1) is 5.41 Å². The SMILES string of the molecule is CCC(C)(C)C(=O)OCC(O)CON. The molecule has 0 radical (unpaired) electrons. The van der Waals surface area contributed by atoms with Crippen molar-refractivity contribution in [3.8, 4) is 0 Å². The average molecular weight is 205 g/mol. The van der Waals surface area contributed by atoms with E-state index in [1.165, 1.54) is 0 Å². The van der Waals surface area contributed by atoms with Gasteiger partial charge >= 0.3 is 5.97 Å². The third-order valence-electron chi connectivity index (χ3n) is 2.13. The van der Waals surface area contributed by atoms with E-state index in [0.717, 1.165) is 0 Å². The molecule has 0 bridgehead atoms. The molecule has 5 nitrogen and oxygen atoms in total. The fourth-order valence-corrected chi connectivity index (χ4v) is 0.671. The molecule has 0 aliphatic heterocycles. The standard InChI is InChI=1S/C9H19NO4/c1-4-9(2,3)8(12)13-5-7(11)6-14-10/h7,11H,4-6,10H2,1-3H3. The van der Waals surface area contributed by atoms with Crippen molar-refractivity contribution < 1.29 is 19.5 Å². The van der Waals surface area contributed by atoms with Gasteiger partial charge in [-0.05, 0) is 20.3 Å². The van der Waals surface area contributed by atoms with E-state index in [1.54, 1.807) is 13.8 Å². The van der Waals surface area contributed by atoms with Crippen molar-refractivity contribution in [1.82, 2.24) is 0 Å². The summed E-state index contributed by atoms with van der Waals surface area (Å²) in [5, 5.41) is 9.15. The van der Waals surface area contributed by atoms with Crippen LogP contribution in [0.1, 0.15) is 27.2 Å². The highest BCUT2D eigenvalue weighted by Gasteiger charge is 2.27. The minimum absolute atomic E-state index is 0.0418. The molecule has 0 heterocycles. The van der Waals surface area contributed by atoms with Gasteiger partial charge in [-0.2, -0.15) is 0 Å². The van der Waals surface area contributed by atoms with Crippen molar-refractivity contribution in [2.45, 2.75) is 33.3 Å². The van der Waals surface area contributed by atoms with E-state index >= 15 is 0 Å². The highest BCUT2D eigenvalue weighted by molar-refractivity contribution is 5.75. The summed E-state index contributed by atoms with van der Waals surface area (Å²) in [6, 6.07) is 0. The Morgan fingerprint density at radius 2 is 2.07 bits per heavy atom. The summed E-state index contributed by atoms with van der Waals surface area (Å²) in [6.45, 7) is 5.36. The summed E-state index contributed by atoms with van der Waals surface area (Å²) in [6.07, 6.45) is -0.174. The molecule has 0 aromatic rings. The van der Waals surface area contributed by atoms with Crippen LogP contribution in [0.3, 0.4) is 0 Å². The molecule has 3 N–H and O–H groups in total. The number of carbonyl (C=O) groups excluding carboxylic acids is 1. The fourth-order valence-electron chi connectivity index (χ4n) is 0.671. The number of nitrogens with two attached hydrogens (primary N) is 1. The lowest BCUT2D eigenvalue weighted by atomic mass is 9.91. The molecule has 0 rings (SSSR count). The summed E-state index contributed by atoms with van der Waals surface area (Å²) >= 11 is 0. The zero-order chi connectivity index (χ0) is 11.2. The number of esters is 1. The number of rotatable bonds is 6. The molecule has 1 atom stereocenters. The van der Waals surface area contributed by atoms with Crippen molar-refractivity contribution in [1.29, 1.82) is 0 Å². The average Bonchev–Trinajstić information content (AvgIpc) is 2.14. The number of ether oxygens (including phenoxy) is 1. The van der Waals surface area contributed by atoms with Crippen LogP contribution < -0.4 is 5.90 Å². The maximum absolute atomic E-state index is 11.4. The van der Waals surface area contributed by atoms with Gasteiger partial charge in [-0.25, -0.2) is 5.90 Å². The minimum atomic E-state index is -0.864. The lowest BCUT2D eigenvalue weighted by molar-refractivity contribution is -0.158. The van der Waals surface area contributed by atoms with Crippen molar-refractivity contribution in [3.63, 3.8) is 0 Å². The second-order valence-corrected chi connectivity index (χ2v) is 3.82. The number of aliphatic hydroxyl groups is 1. The van der Waals surface area contributed by atoms with E-state index in [0.29, 0.717) is 6.42 Å². The largest absolute Gasteiger partial charge is 0.462 e. The molecule has 1 unspecified atom stereocenters. The molecule has 0 aliphatic carbocycles. The Morgan fingerprint density at radius 1 is 1.50 bits per heavy atom. The molecule has 0 saturated carbocycles. The zero-order valence-electron chi connectivity index (χ0n) is 8.95. The van der Waals surface area contributed by atoms with Crippen LogP contribution in [0.15, 0.2) is 0 Å². The summed E-state index contributed by atoms with van der Waals surface area (Å²) in [4.78, 5) is 15.6. The van der Waals surface area contributed by atoms with Crippen molar-refractivity contribution >= 4 is 5.97 Å². The van der Waals surface area contributed by atoms with Gasteiger partial charge in [0.2, 0.25) is 0 Å². The quantitative estimate of drug-likeness (QED) is 0.478. The molecule has 0 aromatic heterocycles. The first-order valence-electron chi connectivity index (χ1n) is 4.61. The lowest BCUT2D eigenvalue weighted by Gasteiger charge is -2.21. The molecule has 5 heteroatoms. The Morgan fingerprint density at radius 3 is 2.50 bits per heavy atom. The van der Waals surface area contributed by atoms with E-state index in [9.17, 15) is 4.79 Å². The molecule has 0 saturated heterocycles. The Bertz CT molecular complexity index is 182. The first-order chi connectivity index (χ1) is 6.44. The van der Waals surface area contributed by atoms with Crippen molar-refractivity contribution in [2.24, 2.45) is 11.3 Å². The topological polar surface area (TPSA) is 81.8 Å². The maximum Gasteiger partial charge on any atom is 0.311 e. The summed E-state index contributed by atoms with van der Waals surface area (Å²) in [5.41, 5.74) is -0.511. The number of hydrogen-bond donors (Lipinski definition) is 2. The van der Waals surface area contributed by atoms with Crippen LogP contribution >= 0.6 is 0 Å². The lowest BCUT2D eigenvalue weighted by Crippen LogP contribution is -2.31. The second-order valence-electron chi connectivity index (χ2n) is 3.82. The third-order valence-corrected chi connectivity index (χ3v) is 2.13. The fraction of sp³-hybridized carbons (Fsp3) is 0.889. The molecule has 0 spiro atoms. The molecule has 0 aromatic carbocycles. The zero-order valence-corrected chi connectivity index (χ0v) is 8.95. The van der Waals surface area contributed by atoms with Crippen LogP contribution in [0.5, 0.6) is 0 Å². The Kier molecular flexibility index (Phi) is 5.68. The molecule has 0 aliphatic rings. The minimum Gasteiger partial charge on any atom is -0.462 e. The van der Waals surface area contributed by atoms with Gasteiger partial charge in [-0.15, -0.1) is 0 Å². The van der Waals surface area contributed by atoms with Gasteiger partial charge in [0.05, 0.1) is 12.0 Å². The van der Waals surface area contributed by atoms with Gasteiger partial charge in [-0.1, -0.05) is 6.92 Å². The molecular weight excluding hydrogens is 186 g/mol. The predicted molar refractivity (Wildman–Crippen MR) is 51.2 cm³/mol. The van der Waals surface area contributed by atoms with Gasteiger partial charge in [0, 0.05) is 0 Å². The van der Waals surface area contributed by atoms with E-state index in [1.807, 2.05) is 6.92 Å². The van der Waals surface area contributed by atoms with E-state index in [4.69, 9.17) is 15.7 Å². The summed E-state index contributed by atoms with van der Waals surface area (Å²) in [5.74, 6) is 4.42. The van der Waals surface area contributed by atoms with E-state index < -0.39 is 11.5 Å². The number of carbonyl (C=O) groups is 1. The van der Waals surface area contributed by atoms with Crippen LogP contribution in [-0.4, -0.2) is 30.4 Å². The Hall–Kier alpha value is -0.650. The third kappa shape index (κ3) is 4.55. The van der Waals surface area contributed by atoms with Gasteiger partial charge in [0.1, 0.15) is 12.7 Å². The second kappa shape index (κ2) is 5.95. The van der Waals surface area contributed by atoms with Gasteiger partial charge in [-0.3, -0.25) is 4.79 Å². The first kappa shape index (κ1) is 13.4. The smallest absolute Gasteiger partial charge is 0.311 e. The molecule has 14 heavy (non-hydrogen) atoms. The normalized spacial score (nSPS) is 13.8. The van der Waals surface area contributed by atoms with E-state index in [2.05, 4.69) is 4.84 Å². The Labute approximate surface area is 84.1 Å². The number of aliphatic hydroxyl groups excluding tert-OH is 1. The van der Waals surface area contributed by atoms with Crippen LogP contribution in [-0.2, 0) is 14.4 Å². The molecule has 0 amide bonds. The van der Waals surface area contributed by atoms with E-state index in [-0.39, 0.29) is 19.2 Å². The Balaban J connectivity index is 3.85. The predicted octanol–water partition coefficient (Wildman–Crippen LogP) is 0.217. The monoisotopic (exact) mass is 205 g/mol. The maximum atomic E-state index is 11.4. The van der Waals surface area contributed by atoms with Gasteiger partial charge in [0.15, 0.2) is 0 Å². The summed E-state index contributed by atoms with van der Waals surface area (Å²) in [7, 11) is 0. The van der Waals surface area contributed by atoms with Crippen LogP contribution in [0.4, 0.5) is 0 Å². The van der Waals surface area contributed by atoms with Gasteiger partial charge < -0.3 is 14.7 Å². The summed E-state index contributed by atoms with van der Waals surface area (Å²) < 4.78 is 4.89. The van der Waals surface area contributed by atoms with Crippen molar-refractivity contribution in [2.75, 3.05) is 13.2 Å². The molecule has 0 fully saturated rings. The van der Waals surface area contributed by atoms with Gasteiger partial charge in [0.25, 0.3) is 0 Å². The molecular formula is C9H19NO4.